The van der Waals surface area contributed by atoms with Gasteiger partial charge in [0.15, 0.2) is 5.82 Å². The SMILES string of the molecule is Cc1ccc(-c2[nH]nc(N)c2-c2ccccc2F)s1. The first kappa shape index (κ1) is 11.9. The predicted molar refractivity (Wildman–Crippen MR) is 76.4 cm³/mol. The summed E-state index contributed by atoms with van der Waals surface area (Å²) in [6, 6.07) is 10.6. The quantitative estimate of drug-likeness (QED) is 0.745. The van der Waals surface area contributed by atoms with E-state index in [1.165, 1.54) is 10.9 Å². The van der Waals surface area contributed by atoms with Crippen molar-refractivity contribution in [3.05, 3.63) is 47.1 Å². The molecule has 0 saturated carbocycles. The molecule has 0 saturated heterocycles. The van der Waals surface area contributed by atoms with Crippen LogP contribution in [0, 0.1) is 12.7 Å². The normalized spacial score (nSPS) is 10.8. The molecule has 0 fully saturated rings. The van der Waals surface area contributed by atoms with Crippen LogP contribution < -0.4 is 5.73 Å². The first-order valence-electron chi connectivity index (χ1n) is 5.82. The van der Waals surface area contributed by atoms with E-state index in [2.05, 4.69) is 10.2 Å². The predicted octanol–water partition coefficient (Wildman–Crippen LogP) is 3.83. The smallest absolute Gasteiger partial charge is 0.153 e. The molecule has 5 heteroatoms. The van der Waals surface area contributed by atoms with Gasteiger partial charge in [-0.1, -0.05) is 18.2 Å². The van der Waals surface area contributed by atoms with Crippen molar-refractivity contribution in [2.75, 3.05) is 5.73 Å². The molecule has 0 spiro atoms. The van der Waals surface area contributed by atoms with Gasteiger partial charge in [0.05, 0.1) is 16.1 Å². The van der Waals surface area contributed by atoms with Crippen LogP contribution in [0.25, 0.3) is 21.7 Å². The number of H-pyrrole nitrogens is 1. The fourth-order valence-corrected chi connectivity index (χ4v) is 2.91. The Labute approximate surface area is 113 Å². The zero-order chi connectivity index (χ0) is 13.4. The summed E-state index contributed by atoms with van der Waals surface area (Å²) in [5.74, 6) is 0.0104. The van der Waals surface area contributed by atoms with E-state index < -0.39 is 0 Å². The van der Waals surface area contributed by atoms with Gasteiger partial charge in [0.25, 0.3) is 0 Å². The molecule has 19 heavy (non-hydrogen) atoms. The Kier molecular flexibility index (Phi) is 2.83. The number of aryl methyl sites for hydroxylation is 1. The molecule has 0 aliphatic carbocycles. The minimum Gasteiger partial charge on any atom is -0.382 e. The lowest BCUT2D eigenvalue weighted by molar-refractivity contribution is 0.631. The summed E-state index contributed by atoms with van der Waals surface area (Å²) in [6.07, 6.45) is 0. The highest BCUT2D eigenvalue weighted by Crippen LogP contribution is 2.38. The number of nitrogen functional groups attached to an aromatic ring is 1. The second-order valence-electron chi connectivity index (χ2n) is 4.25. The van der Waals surface area contributed by atoms with Crippen LogP contribution >= 0.6 is 11.3 Å². The lowest BCUT2D eigenvalue weighted by atomic mass is 10.0. The number of nitrogens with zero attached hydrogens (tertiary/aromatic N) is 1. The van der Waals surface area contributed by atoms with Crippen LogP contribution in [0.3, 0.4) is 0 Å². The second kappa shape index (κ2) is 4.51. The van der Waals surface area contributed by atoms with Crippen LogP contribution in [-0.2, 0) is 0 Å². The molecule has 96 valence electrons. The summed E-state index contributed by atoms with van der Waals surface area (Å²) in [5, 5.41) is 6.91. The number of anilines is 1. The van der Waals surface area contributed by atoms with Crippen molar-refractivity contribution in [1.29, 1.82) is 0 Å². The summed E-state index contributed by atoms with van der Waals surface area (Å²) in [4.78, 5) is 2.18. The number of benzene rings is 1. The van der Waals surface area contributed by atoms with Crippen molar-refractivity contribution in [1.82, 2.24) is 10.2 Å². The summed E-state index contributed by atoms with van der Waals surface area (Å²) >= 11 is 1.62. The molecule has 2 aromatic heterocycles. The van der Waals surface area contributed by atoms with Crippen molar-refractivity contribution >= 4 is 17.2 Å². The van der Waals surface area contributed by atoms with Crippen LogP contribution in [0.2, 0.25) is 0 Å². The first-order valence-corrected chi connectivity index (χ1v) is 6.64. The van der Waals surface area contributed by atoms with Gasteiger partial charge in [-0.05, 0) is 25.1 Å². The number of aromatic nitrogens is 2. The fourth-order valence-electron chi connectivity index (χ4n) is 2.04. The third-order valence-corrected chi connectivity index (χ3v) is 3.94. The third kappa shape index (κ3) is 2.02. The lowest BCUT2D eigenvalue weighted by Gasteiger charge is -2.04. The molecule has 3 aromatic rings. The van der Waals surface area contributed by atoms with Gasteiger partial charge >= 0.3 is 0 Å². The average Bonchev–Trinajstić information content (AvgIpc) is 2.96. The highest BCUT2D eigenvalue weighted by atomic mass is 32.1. The van der Waals surface area contributed by atoms with E-state index in [0.717, 1.165) is 10.6 Å². The van der Waals surface area contributed by atoms with E-state index in [1.54, 1.807) is 29.5 Å². The van der Waals surface area contributed by atoms with Crippen LogP contribution in [0.5, 0.6) is 0 Å². The van der Waals surface area contributed by atoms with E-state index in [4.69, 9.17) is 5.73 Å². The summed E-state index contributed by atoms with van der Waals surface area (Å²) in [6.45, 7) is 2.02. The Morgan fingerprint density at radius 3 is 2.68 bits per heavy atom. The van der Waals surface area contributed by atoms with Gasteiger partial charge in [-0.3, -0.25) is 5.10 Å². The van der Waals surface area contributed by atoms with E-state index in [-0.39, 0.29) is 5.82 Å². The Hall–Kier alpha value is -2.14. The van der Waals surface area contributed by atoms with E-state index in [0.29, 0.717) is 16.9 Å². The van der Waals surface area contributed by atoms with Gasteiger partial charge in [0.2, 0.25) is 0 Å². The lowest BCUT2D eigenvalue weighted by Crippen LogP contribution is -1.90. The number of thiophene rings is 1. The maximum absolute atomic E-state index is 13.9. The molecule has 3 rings (SSSR count). The summed E-state index contributed by atoms with van der Waals surface area (Å²) in [7, 11) is 0. The maximum Gasteiger partial charge on any atom is 0.153 e. The largest absolute Gasteiger partial charge is 0.382 e. The molecule has 0 bridgehead atoms. The molecule has 1 aromatic carbocycles. The van der Waals surface area contributed by atoms with Crippen LogP contribution in [0.1, 0.15) is 4.88 Å². The van der Waals surface area contributed by atoms with Crippen LogP contribution in [0.15, 0.2) is 36.4 Å². The zero-order valence-electron chi connectivity index (χ0n) is 10.3. The molecule has 0 aliphatic rings. The minimum absolute atomic E-state index is 0.301. The van der Waals surface area contributed by atoms with Crippen LogP contribution in [-0.4, -0.2) is 10.2 Å². The molecule has 0 unspecified atom stereocenters. The van der Waals surface area contributed by atoms with Gasteiger partial charge in [0, 0.05) is 10.4 Å². The molecule has 3 N–H and O–H groups in total. The standard InChI is InChI=1S/C14H12FN3S/c1-8-6-7-11(19-8)13-12(14(16)18-17-13)9-4-2-3-5-10(9)15/h2-7H,1H3,(H3,16,17,18). The summed E-state index contributed by atoms with van der Waals surface area (Å²) < 4.78 is 13.9. The molecular formula is C14H12FN3S. The number of aromatic amines is 1. The highest BCUT2D eigenvalue weighted by Gasteiger charge is 2.18. The molecular weight excluding hydrogens is 261 g/mol. The van der Waals surface area contributed by atoms with Crippen LogP contribution in [0.4, 0.5) is 10.2 Å². The number of hydrogen-bond acceptors (Lipinski definition) is 3. The topological polar surface area (TPSA) is 54.7 Å². The molecule has 0 aliphatic heterocycles. The fraction of sp³-hybridized carbons (Fsp3) is 0.0714. The third-order valence-electron chi connectivity index (χ3n) is 2.92. The van der Waals surface area contributed by atoms with Crippen molar-refractivity contribution in [3.8, 4) is 21.7 Å². The molecule has 0 atom stereocenters. The van der Waals surface area contributed by atoms with E-state index in [1.807, 2.05) is 19.1 Å². The highest BCUT2D eigenvalue weighted by molar-refractivity contribution is 7.15. The monoisotopic (exact) mass is 273 g/mol. The van der Waals surface area contributed by atoms with Gasteiger partial charge in [-0.25, -0.2) is 4.39 Å². The molecule has 2 heterocycles. The summed E-state index contributed by atoms with van der Waals surface area (Å²) in [5.41, 5.74) is 7.74. The second-order valence-corrected chi connectivity index (χ2v) is 5.54. The van der Waals surface area contributed by atoms with Gasteiger partial charge in [-0.2, -0.15) is 5.10 Å². The number of halogens is 1. The number of nitrogens with two attached hydrogens (primary N) is 1. The first-order chi connectivity index (χ1) is 9.16. The Morgan fingerprint density at radius 1 is 1.21 bits per heavy atom. The molecule has 3 nitrogen and oxygen atoms in total. The minimum atomic E-state index is -0.301. The Bertz CT molecular complexity index is 730. The van der Waals surface area contributed by atoms with Crippen molar-refractivity contribution < 1.29 is 4.39 Å². The molecule has 0 radical (unpaired) electrons. The number of hydrogen-bond donors (Lipinski definition) is 2. The van der Waals surface area contributed by atoms with E-state index in [9.17, 15) is 4.39 Å². The van der Waals surface area contributed by atoms with Gasteiger partial charge in [0.1, 0.15) is 5.82 Å². The number of nitrogens with one attached hydrogen (secondary N) is 1. The Morgan fingerprint density at radius 2 is 2.00 bits per heavy atom. The van der Waals surface area contributed by atoms with Gasteiger partial charge < -0.3 is 5.73 Å². The van der Waals surface area contributed by atoms with Crippen molar-refractivity contribution in [3.63, 3.8) is 0 Å². The number of rotatable bonds is 2. The van der Waals surface area contributed by atoms with Gasteiger partial charge in [-0.15, -0.1) is 11.3 Å². The molecule has 0 amide bonds. The Balaban J connectivity index is 2.22. The zero-order valence-corrected chi connectivity index (χ0v) is 11.1. The maximum atomic E-state index is 13.9. The van der Waals surface area contributed by atoms with Crippen molar-refractivity contribution in [2.45, 2.75) is 6.92 Å². The average molecular weight is 273 g/mol. The van der Waals surface area contributed by atoms with Crippen molar-refractivity contribution in [2.24, 2.45) is 0 Å². The van der Waals surface area contributed by atoms with E-state index >= 15 is 0 Å².